The van der Waals surface area contributed by atoms with E-state index in [1.54, 1.807) is 0 Å². The highest BCUT2D eigenvalue weighted by Gasteiger charge is 2.20. The number of hydrogen-bond donors (Lipinski definition) is 1. The van der Waals surface area contributed by atoms with Crippen molar-refractivity contribution in [2.24, 2.45) is 15.7 Å². The third kappa shape index (κ3) is 5.02. The summed E-state index contributed by atoms with van der Waals surface area (Å²) in [6.45, 7) is 0.202. The quantitative estimate of drug-likeness (QED) is 0.145. The molecule has 0 unspecified atom stereocenters. The van der Waals surface area contributed by atoms with Crippen molar-refractivity contribution in [2.45, 2.75) is 19.5 Å². The molecule has 0 amide bonds. The Morgan fingerprint density at radius 1 is 0.604 bits per heavy atom. The highest BCUT2D eigenvalue weighted by atomic mass is 15.2. The second-order valence-corrected chi connectivity index (χ2v) is 13.2. The van der Waals surface area contributed by atoms with Crippen molar-refractivity contribution in [1.82, 2.24) is 13.7 Å². The predicted molar refractivity (Wildman–Crippen MR) is 223 cm³/mol. The summed E-state index contributed by atoms with van der Waals surface area (Å²) in [7, 11) is 0. The molecule has 254 valence electrons. The van der Waals surface area contributed by atoms with Crippen LogP contribution in [0.1, 0.15) is 35.1 Å². The van der Waals surface area contributed by atoms with E-state index < -0.39 is 6.04 Å². The molecule has 0 spiro atoms. The summed E-state index contributed by atoms with van der Waals surface area (Å²) < 4.78 is 42.5. The van der Waals surface area contributed by atoms with Crippen LogP contribution in [-0.2, 0) is 6.67 Å². The molecular weight excluding hydrogens is 649 g/mol. The highest BCUT2D eigenvalue weighted by molar-refractivity contribution is 6.17. The van der Waals surface area contributed by atoms with E-state index >= 15 is 0 Å². The molecule has 6 nitrogen and oxygen atoms in total. The number of nitrogens with two attached hydrogens (primary N) is 1. The summed E-state index contributed by atoms with van der Waals surface area (Å²) in [4.78, 5) is 10.4. The van der Waals surface area contributed by atoms with Crippen molar-refractivity contribution < 1.29 is 5.48 Å². The lowest BCUT2D eigenvalue weighted by Crippen LogP contribution is -2.21. The van der Waals surface area contributed by atoms with Gasteiger partial charge in [0.05, 0.1) is 44.4 Å². The van der Waals surface area contributed by atoms with E-state index in [0.717, 1.165) is 78.6 Å². The fraction of sp³-hybridized carbons (Fsp3) is 0.0638. The van der Waals surface area contributed by atoms with Crippen molar-refractivity contribution in [3.8, 4) is 5.69 Å². The van der Waals surface area contributed by atoms with Gasteiger partial charge in [0.25, 0.3) is 0 Å². The first-order chi connectivity index (χ1) is 27.9. The molecule has 10 rings (SSSR count). The number of aliphatic imine (C=N–C) groups is 2. The highest BCUT2D eigenvalue weighted by Crippen LogP contribution is 2.35. The van der Waals surface area contributed by atoms with Crippen LogP contribution >= 0.6 is 0 Å². The maximum absolute atomic E-state index is 9.40. The first-order valence-corrected chi connectivity index (χ1v) is 17.8. The Morgan fingerprint density at radius 2 is 1.11 bits per heavy atom. The van der Waals surface area contributed by atoms with Gasteiger partial charge in [-0.25, -0.2) is 4.99 Å². The first-order valence-electron chi connectivity index (χ1n) is 19.8. The minimum atomic E-state index is -0.396. The van der Waals surface area contributed by atoms with Crippen LogP contribution in [0.4, 0.5) is 0 Å². The van der Waals surface area contributed by atoms with Crippen LogP contribution in [0, 0.1) is 0 Å². The number of rotatable bonds is 4. The fourth-order valence-corrected chi connectivity index (χ4v) is 7.86. The molecule has 0 fully saturated rings. The van der Waals surface area contributed by atoms with E-state index in [1.165, 1.54) is 0 Å². The van der Waals surface area contributed by atoms with Gasteiger partial charge < -0.3 is 14.9 Å². The zero-order valence-electron chi connectivity index (χ0n) is 32.8. The third-order valence-corrected chi connectivity index (χ3v) is 10.2. The van der Waals surface area contributed by atoms with Crippen LogP contribution in [0.5, 0.6) is 0 Å². The van der Waals surface area contributed by atoms with E-state index in [-0.39, 0.29) is 47.8 Å². The minimum absolute atomic E-state index is 0.0864. The summed E-state index contributed by atoms with van der Waals surface area (Å²) in [5.74, 6) is 0.192. The second-order valence-electron chi connectivity index (χ2n) is 13.2. The molecule has 0 saturated heterocycles. The molecule has 6 heteroatoms. The average molecular weight is 689 g/mol. The molecule has 1 aliphatic rings. The number of amidine groups is 1. The van der Waals surface area contributed by atoms with Crippen LogP contribution in [0.3, 0.4) is 0 Å². The normalized spacial score (nSPS) is 16.0. The lowest BCUT2D eigenvalue weighted by molar-refractivity contribution is 0.785. The molecule has 3 heterocycles. The van der Waals surface area contributed by atoms with Crippen LogP contribution in [-0.4, -0.2) is 25.5 Å². The maximum Gasteiger partial charge on any atom is 0.233 e. The Morgan fingerprint density at radius 3 is 1.75 bits per heavy atom. The van der Waals surface area contributed by atoms with Gasteiger partial charge in [-0.2, -0.15) is 4.99 Å². The average Bonchev–Trinajstić information content (AvgIpc) is 3.85. The summed E-state index contributed by atoms with van der Waals surface area (Å²) in [5, 5.41) is 5.24. The molecule has 6 aromatic carbocycles. The van der Waals surface area contributed by atoms with Crippen LogP contribution in [0.15, 0.2) is 168 Å². The Kier molecular flexibility index (Phi) is 6.42. The van der Waals surface area contributed by atoms with Gasteiger partial charge in [-0.1, -0.05) is 121 Å². The molecule has 9 aromatic rings. The number of nitrogens with zero attached hydrogens (tertiary/aromatic N) is 5. The number of hydrogen-bond acceptors (Lipinski definition) is 1. The zero-order chi connectivity index (χ0) is 38.8. The van der Waals surface area contributed by atoms with E-state index in [2.05, 4.69) is 59.2 Å². The van der Waals surface area contributed by atoms with Crippen molar-refractivity contribution in [3.05, 3.63) is 174 Å². The first kappa shape index (κ1) is 26.8. The monoisotopic (exact) mass is 688 g/mol. The number of benzene rings is 6. The summed E-state index contributed by atoms with van der Waals surface area (Å²) in [6, 6.07) is 39.4. The molecule has 0 aliphatic heterocycles. The van der Waals surface area contributed by atoms with E-state index in [0.29, 0.717) is 0 Å². The molecule has 0 atom stereocenters. The zero-order valence-corrected chi connectivity index (χ0v) is 28.8. The van der Waals surface area contributed by atoms with E-state index in [1.807, 2.05) is 100 Å². The Labute approximate surface area is 312 Å². The molecule has 2 N–H and O–H groups in total. The van der Waals surface area contributed by atoms with Gasteiger partial charge in [-0.05, 0) is 61.3 Å². The Balaban J connectivity index is 1.27. The molecule has 0 radical (unpaired) electrons. The fourth-order valence-electron chi connectivity index (χ4n) is 7.86. The van der Waals surface area contributed by atoms with Crippen LogP contribution in [0.25, 0.3) is 72.4 Å². The maximum atomic E-state index is 9.40. The third-order valence-electron chi connectivity index (χ3n) is 10.2. The SMILES string of the molecule is [2H]c1c([2H])c([2H])c(-n2c3c(c4ccccc42)/C=C/CC/C=C\3)c(/C(N)=N/C(=N\Cn2c3ccccc3c3ccccc32)n2c3ccccc3c3ccccc32)c1[2H]. The van der Waals surface area contributed by atoms with Crippen molar-refractivity contribution in [3.63, 3.8) is 0 Å². The molecular formula is C47H36N6. The number of para-hydroxylation sites is 6. The topological polar surface area (TPSA) is 65.5 Å². The molecule has 3 aromatic heterocycles. The van der Waals surface area contributed by atoms with Gasteiger partial charge in [-0.15, -0.1) is 0 Å². The van der Waals surface area contributed by atoms with Crippen LogP contribution in [0.2, 0.25) is 0 Å². The van der Waals surface area contributed by atoms with E-state index in [9.17, 15) is 2.74 Å². The minimum Gasteiger partial charge on any atom is -0.383 e. The summed E-state index contributed by atoms with van der Waals surface area (Å²) in [5.41, 5.74) is 13.8. The van der Waals surface area contributed by atoms with Crippen molar-refractivity contribution >= 4 is 78.5 Å². The van der Waals surface area contributed by atoms with Crippen molar-refractivity contribution in [2.75, 3.05) is 0 Å². The number of aromatic nitrogens is 3. The molecule has 0 saturated carbocycles. The molecule has 0 bridgehead atoms. The lowest BCUT2D eigenvalue weighted by atomic mass is 10.1. The lowest BCUT2D eigenvalue weighted by Gasteiger charge is -2.16. The Hall–Kier alpha value is -6.92. The van der Waals surface area contributed by atoms with Gasteiger partial charge in [0.2, 0.25) is 5.96 Å². The van der Waals surface area contributed by atoms with Gasteiger partial charge in [0.15, 0.2) is 0 Å². The molecule has 1 aliphatic carbocycles. The number of fused-ring (bicyclic) bond motifs is 9. The van der Waals surface area contributed by atoms with Gasteiger partial charge >= 0.3 is 0 Å². The second kappa shape index (κ2) is 12.7. The smallest absolute Gasteiger partial charge is 0.233 e. The largest absolute Gasteiger partial charge is 0.383 e. The van der Waals surface area contributed by atoms with Gasteiger partial charge in [0.1, 0.15) is 12.5 Å². The summed E-state index contributed by atoms with van der Waals surface area (Å²) in [6.07, 6.45) is 10.1. The van der Waals surface area contributed by atoms with Crippen molar-refractivity contribution in [1.29, 1.82) is 0 Å². The van der Waals surface area contributed by atoms with Gasteiger partial charge in [0, 0.05) is 38.1 Å². The van der Waals surface area contributed by atoms with E-state index in [4.69, 9.17) is 18.5 Å². The summed E-state index contributed by atoms with van der Waals surface area (Å²) >= 11 is 0. The predicted octanol–water partition coefficient (Wildman–Crippen LogP) is 10.9. The number of allylic oxidation sites excluding steroid dienone is 2. The Bertz CT molecular complexity index is 3130. The van der Waals surface area contributed by atoms with Crippen LogP contribution < -0.4 is 5.73 Å². The molecule has 53 heavy (non-hydrogen) atoms. The standard InChI is InChI=1S/C47H36N6/c48-46(38-23-10-16-30-45(38)52-41-26-4-2-1-3-17-34(41)35-20-7-13-27-42(35)52)50-47(53-43-28-14-8-21-36(43)37-22-9-15-29-44(37)53)49-31-51-39-24-11-5-18-32(39)33-19-6-12-25-40(33)51/h3-30H,1-2,31H2,(H2,48,49,50)/b17-3+,26-4-/i10D,16D,23D,30D. The van der Waals surface area contributed by atoms with Gasteiger partial charge in [-0.3, -0.25) is 4.57 Å².